The topological polar surface area (TPSA) is 124 Å². The Balaban J connectivity index is 1.35. The Morgan fingerprint density at radius 2 is 1.60 bits per heavy atom. The Morgan fingerprint density at radius 1 is 0.970 bits per heavy atom. The van der Waals surface area contributed by atoms with Crippen LogP contribution in [0.25, 0.3) is 0 Å². The number of hydrogen-bond acceptors (Lipinski definition) is 11. The first kappa shape index (κ1) is 48.0. The lowest BCUT2D eigenvalue weighted by Gasteiger charge is -2.55. The van der Waals surface area contributed by atoms with Crippen molar-refractivity contribution in [1.82, 2.24) is 15.0 Å². The van der Waals surface area contributed by atoms with Gasteiger partial charge in [0.1, 0.15) is 36.0 Å². The second-order valence-corrected chi connectivity index (χ2v) is 24.3. The van der Waals surface area contributed by atoms with Gasteiger partial charge in [-0.05, 0) is 78.6 Å². The van der Waals surface area contributed by atoms with Crippen LogP contribution in [-0.2, 0) is 24.1 Å². The van der Waals surface area contributed by atoms with E-state index >= 15 is 9.59 Å². The Kier molecular flexibility index (Phi) is 13.3. The number of fused-ring (bicyclic) bond motifs is 4. The molecule has 1 saturated heterocycles. The van der Waals surface area contributed by atoms with Crippen molar-refractivity contribution in [3.05, 3.63) is 143 Å². The summed E-state index contributed by atoms with van der Waals surface area (Å²) in [6, 6.07) is 18.9. The van der Waals surface area contributed by atoms with E-state index in [2.05, 4.69) is 18.3 Å². The number of ketones is 2. The minimum Gasteiger partial charge on any atom is -0.508 e. The number of aliphatic hydroxyl groups is 1. The van der Waals surface area contributed by atoms with Gasteiger partial charge < -0.3 is 28.3 Å². The molecule has 15 heteroatoms. The van der Waals surface area contributed by atoms with Crippen LogP contribution in [0.2, 0.25) is 18.1 Å². The van der Waals surface area contributed by atoms with Gasteiger partial charge in [-0.15, -0.1) is 13.2 Å². The van der Waals surface area contributed by atoms with Crippen molar-refractivity contribution in [3.8, 4) is 17.4 Å². The highest BCUT2D eigenvalue weighted by molar-refractivity contribution is 6.74. The smallest absolute Gasteiger partial charge is 0.401 e. The van der Waals surface area contributed by atoms with E-state index in [-0.39, 0.29) is 66.7 Å². The number of hydrogen-bond donors (Lipinski definition) is 1. The number of benzene rings is 3. The van der Waals surface area contributed by atoms with E-state index in [1.165, 1.54) is 12.0 Å². The fourth-order valence-corrected chi connectivity index (χ4v) is 11.9. The summed E-state index contributed by atoms with van der Waals surface area (Å²) in [6.07, 6.45) is 0.280. The number of allylic oxidation sites excluding steroid dienone is 1. The van der Waals surface area contributed by atoms with Gasteiger partial charge in [-0.3, -0.25) is 19.4 Å². The number of likely N-dealkylation sites (tertiary alicyclic amines) is 1. The van der Waals surface area contributed by atoms with Crippen LogP contribution in [-0.4, -0.2) is 85.0 Å². The lowest BCUT2D eigenvalue weighted by atomic mass is 9.58. The van der Waals surface area contributed by atoms with Gasteiger partial charge in [0.05, 0.1) is 25.3 Å². The van der Waals surface area contributed by atoms with Gasteiger partial charge in [0, 0.05) is 41.7 Å². The van der Waals surface area contributed by atoms with Crippen LogP contribution >= 0.6 is 0 Å². The van der Waals surface area contributed by atoms with Crippen molar-refractivity contribution >= 4 is 19.9 Å². The molecule has 8 rings (SSSR count). The van der Waals surface area contributed by atoms with Crippen molar-refractivity contribution in [2.45, 2.75) is 102 Å². The molecule has 0 amide bonds. The molecule has 11 nitrogen and oxygen atoms in total. The molecule has 4 aliphatic rings. The third-order valence-electron chi connectivity index (χ3n) is 14.4. The first-order chi connectivity index (χ1) is 31.8. The number of rotatable bonds is 16. The molecule has 0 bridgehead atoms. The van der Waals surface area contributed by atoms with E-state index in [4.69, 9.17) is 23.2 Å². The Hall–Kier alpha value is -5.48. The van der Waals surface area contributed by atoms with E-state index in [0.717, 1.165) is 11.1 Å². The fourth-order valence-electron chi connectivity index (χ4n) is 10.4. The Labute approximate surface area is 391 Å². The summed E-state index contributed by atoms with van der Waals surface area (Å²) in [5.41, 5.74) is 0.615. The standard InChI is InChI=1S/C52H60F3N3O8Si/c1-9-23-57(24-10-2)43-37-27-34-26-36-41(39(63-29-32-18-13-11-14-19-32)28-35(45(36)62-6)38-22-17-25-58(38)31-51(53,54)55)44(59)40(34)47(60)52(37,66-67(7,8)50(3,4)5)48(61)42-46(43)65-56-49(42)64-30-33-20-15-12-16-21-33/h9-16,18-21,28,34,37-38,43,60H,1-2,17,22-27,29-31H2,3-8H3/t34-,37-,38-,43-,52?/m0/s1. The molecule has 3 aliphatic carbocycles. The number of aliphatic hydroxyl groups excluding tert-OH is 1. The molecule has 1 fully saturated rings. The van der Waals surface area contributed by atoms with E-state index < -0.39 is 72.9 Å². The highest BCUT2D eigenvalue weighted by atomic mass is 28.4. The zero-order chi connectivity index (χ0) is 48.1. The van der Waals surface area contributed by atoms with Crippen molar-refractivity contribution in [1.29, 1.82) is 0 Å². The highest BCUT2D eigenvalue weighted by Crippen LogP contribution is 2.61. The highest BCUT2D eigenvalue weighted by Gasteiger charge is 2.68. The van der Waals surface area contributed by atoms with Gasteiger partial charge in [0.2, 0.25) is 5.78 Å². The Bertz CT molecular complexity index is 2540. The van der Waals surface area contributed by atoms with E-state index in [9.17, 15) is 18.3 Å². The largest absolute Gasteiger partial charge is 0.508 e. The second-order valence-electron chi connectivity index (χ2n) is 19.6. The van der Waals surface area contributed by atoms with Gasteiger partial charge >= 0.3 is 6.18 Å². The lowest BCUT2D eigenvalue weighted by Crippen LogP contribution is -2.65. The molecule has 1 aromatic heterocycles. The predicted molar refractivity (Wildman–Crippen MR) is 250 cm³/mol. The van der Waals surface area contributed by atoms with Gasteiger partial charge in [-0.25, -0.2) is 0 Å². The predicted octanol–water partition coefficient (Wildman–Crippen LogP) is 11.1. The van der Waals surface area contributed by atoms with Crippen molar-refractivity contribution < 1.29 is 51.0 Å². The molecule has 356 valence electrons. The number of carbonyl (C=O) groups excluding carboxylic acids is 2. The van der Waals surface area contributed by atoms with Gasteiger partial charge in [0.15, 0.2) is 25.5 Å². The summed E-state index contributed by atoms with van der Waals surface area (Å²) < 4.78 is 74.6. The molecule has 5 atom stereocenters. The molecule has 67 heavy (non-hydrogen) atoms. The third-order valence-corrected chi connectivity index (χ3v) is 18.8. The fraction of sp³-hybridized carbons (Fsp3) is 0.442. The lowest BCUT2D eigenvalue weighted by molar-refractivity contribution is -0.147. The van der Waals surface area contributed by atoms with Crippen LogP contribution in [0.5, 0.6) is 17.4 Å². The molecular weight excluding hydrogens is 880 g/mol. The van der Waals surface area contributed by atoms with Crippen LogP contribution in [0, 0.1) is 11.8 Å². The molecule has 3 aromatic carbocycles. The molecule has 4 aromatic rings. The molecule has 0 radical (unpaired) electrons. The van der Waals surface area contributed by atoms with E-state index in [0.29, 0.717) is 42.8 Å². The normalized spacial score (nSPS) is 23.1. The van der Waals surface area contributed by atoms with Crippen molar-refractivity contribution in [2.24, 2.45) is 11.8 Å². The molecule has 1 N–H and O–H groups in total. The number of nitrogens with zero attached hydrogens (tertiary/aromatic N) is 3. The number of carbonyl (C=O) groups is 2. The van der Waals surface area contributed by atoms with Crippen LogP contribution < -0.4 is 14.2 Å². The number of ether oxygens (including phenoxy) is 3. The molecule has 0 spiro atoms. The minimum absolute atomic E-state index is 0.0131. The van der Waals surface area contributed by atoms with Crippen LogP contribution in [0.4, 0.5) is 13.2 Å². The number of aromatic nitrogens is 1. The van der Waals surface area contributed by atoms with Crippen molar-refractivity contribution in [3.63, 3.8) is 0 Å². The average molecular weight is 940 g/mol. The molecule has 2 heterocycles. The quantitative estimate of drug-likeness (QED) is 0.0853. The average Bonchev–Trinajstić information content (AvgIpc) is 3.92. The van der Waals surface area contributed by atoms with E-state index in [1.54, 1.807) is 18.2 Å². The SMILES string of the molecule is C=CCN(CC=C)[C@@H]1c2onc(OCc3ccccc3)c2C(=O)C2(O[Si](C)(C)C(C)(C)C)C(O)=C3C(=O)c4c(OCc5ccccc5)cc([C@@H]5CCCN5CC(F)(F)F)c(OC)c4C[C@H]3C[C@@H]12. The van der Waals surface area contributed by atoms with Crippen LogP contribution in [0.1, 0.15) is 101 Å². The van der Waals surface area contributed by atoms with Crippen LogP contribution in [0.15, 0.2) is 108 Å². The number of Topliss-reactive ketones (excluding diaryl/α,β-unsaturated/α-hetero) is 2. The maximum absolute atomic E-state index is 16.0. The molecule has 0 saturated carbocycles. The van der Waals surface area contributed by atoms with Gasteiger partial charge in [-0.1, -0.05) is 93.6 Å². The monoisotopic (exact) mass is 939 g/mol. The Morgan fingerprint density at radius 3 is 2.18 bits per heavy atom. The molecule has 1 unspecified atom stereocenters. The zero-order valence-corrected chi connectivity index (χ0v) is 40.1. The number of halogens is 3. The molecule has 1 aliphatic heterocycles. The molecular formula is C52H60F3N3O8Si. The summed E-state index contributed by atoms with van der Waals surface area (Å²) in [5.74, 6) is -2.65. The van der Waals surface area contributed by atoms with Crippen LogP contribution in [0.3, 0.4) is 0 Å². The summed E-state index contributed by atoms with van der Waals surface area (Å²) >= 11 is 0. The maximum Gasteiger partial charge on any atom is 0.401 e. The first-order valence-corrected chi connectivity index (χ1v) is 25.8. The van der Waals surface area contributed by atoms with Gasteiger partial charge in [-0.2, -0.15) is 13.2 Å². The summed E-state index contributed by atoms with van der Waals surface area (Å²) in [6.45, 7) is 18.0. The number of alkyl halides is 3. The van der Waals surface area contributed by atoms with Gasteiger partial charge in [0.25, 0.3) is 5.88 Å². The minimum atomic E-state index is -4.44. The zero-order valence-electron chi connectivity index (χ0n) is 39.1. The summed E-state index contributed by atoms with van der Waals surface area (Å²) in [5, 5.41) is 17.2. The third kappa shape index (κ3) is 8.79. The second kappa shape index (κ2) is 18.5. The maximum atomic E-state index is 16.0. The van der Waals surface area contributed by atoms with Crippen molar-refractivity contribution in [2.75, 3.05) is 33.3 Å². The summed E-state index contributed by atoms with van der Waals surface area (Å²) in [7, 11) is -1.60. The summed E-state index contributed by atoms with van der Waals surface area (Å²) in [4.78, 5) is 35.1. The first-order valence-electron chi connectivity index (χ1n) is 22.9. The number of methoxy groups -OCH3 is 1. The van der Waals surface area contributed by atoms with E-state index in [1.807, 2.05) is 99.4 Å².